The van der Waals surface area contributed by atoms with Crippen molar-refractivity contribution >= 4 is 5.97 Å². The van der Waals surface area contributed by atoms with Crippen LogP contribution in [-0.4, -0.2) is 29.1 Å². The average Bonchev–Trinajstić information content (AvgIpc) is 3.07. The third-order valence-electron chi connectivity index (χ3n) is 4.48. The van der Waals surface area contributed by atoms with Gasteiger partial charge in [0.2, 0.25) is 0 Å². The number of likely N-dealkylation sites (tertiary alicyclic amines) is 1. The second kappa shape index (κ2) is 4.09. The predicted octanol–water partition coefficient (Wildman–Crippen LogP) is 2.29. The number of fused-ring (bicyclic) bond motifs is 1. The lowest BCUT2D eigenvalue weighted by atomic mass is 9.97. The van der Waals surface area contributed by atoms with Gasteiger partial charge >= 0.3 is 5.97 Å². The quantitative estimate of drug-likeness (QED) is 0.888. The monoisotopic (exact) mass is 245 g/mol. The molecule has 1 aliphatic heterocycles. The van der Waals surface area contributed by atoms with Crippen LogP contribution >= 0.6 is 0 Å². The lowest BCUT2D eigenvalue weighted by Gasteiger charge is -2.30. The first-order chi connectivity index (χ1) is 8.60. The van der Waals surface area contributed by atoms with E-state index in [9.17, 15) is 9.90 Å². The van der Waals surface area contributed by atoms with Crippen LogP contribution in [0, 0.1) is 18.3 Å². The van der Waals surface area contributed by atoms with Crippen LogP contribution in [0.1, 0.15) is 24.0 Å². The molecule has 1 aliphatic carbocycles. The number of hydrogen-bond acceptors (Lipinski definition) is 2. The van der Waals surface area contributed by atoms with Gasteiger partial charge in [0.15, 0.2) is 0 Å². The highest BCUT2D eigenvalue weighted by atomic mass is 16.4. The Hall–Kier alpha value is -1.35. The molecule has 18 heavy (non-hydrogen) atoms. The molecule has 0 bridgehead atoms. The van der Waals surface area contributed by atoms with Crippen molar-refractivity contribution in [3.05, 3.63) is 35.4 Å². The Bertz CT molecular complexity index is 468. The van der Waals surface area contributed by atoms with Gasteiger partial charge in [0.05, 0.1) is 5.41 Å². The molecule has 1 heterocycles. The zero-order chi connectivity index (χ0) is 12.8. The Balaban J connectivity index is 1.67. The largest absolute Gasteiger partial charge is 0.481 e. The second-order valence-electron chi connectivity index (χ2n) is 5.85. The molecule has 1 N–H and O–H groups in total. The minimum Gasteiger partial charge on any atom is -0.481 e. The molecule has 0 aromatic heterocycles. The number of aliphatic carboxylic acids is 1. The molecule has 2 fully saturated rings. The third kappa shape index (κ3) is 1.93. The molecular formula is C15H19NO2. The Morgan fingerprint density at radius 2 is 2.17 bits per heavy atom. The molecule has 1 saturated carbocycles. The number of carboxylic acid groups (broad SMARTS) is 1. The normalized spacial score (nSPS) is 30.8. The van der Waals surface area contributed by atoms with Gasteiger partial charge in [-0.25, -0.2) is 0 Å². The van der Waals surface area contributed by atoms with Crippen LogP contribution < -0.4 is 0 Å². The minimum absolute atomic E-state index is 0.414. The van der Waals surface area contributed by atoms with E-state index in [1.54, 1.807) is 0 Å². The van der Waals surface area contributed by atoms with Crippen molar-refractivity contribution in [3.8, 4) is 0 Å². The molecule has 2 unspecified atom stereocenters. The van der Waals surface area contributed by atoms with Gasteiger partial charge in [-0.05, 0) is 37.8 Å². The van der Waals surface area contributed by atoms with Gasteiger partial charge in [0.25, 0.3) is 0 Å². The van der Waals surface area contributed by atoms with Crippen molar-refractivity contribution in [2.45, 2.75) is 26.3 Å². The van der Waals surface area contributed by atoms with Gasteiger partial charge in [-0.3, -0.25) is 9.69 Å². The van der Waals surface area contributed by atoms with Crippen molar-refractivity contribution in [3.63, 3.8) is 0 Å². The van der Waals surface area contributed by atoms with E-state index in [-0.39, 0.29) is 0 Å². The Kier molecular flexibility index (Phi) is 2.67. The number of carbonyl (C=O) groups is 1. The second-order valence-corrected chi connectivity index (χ2v) is 5.85. The molecule has 0 spiro atoms. The van der Waals surface area contributed by atoms with E-state index in [0.29, 0.717) is 5.92 Å². The first-order valence-corrected chi connectivity index (χ1v) is 6.61. The summed E-state index contributed by atoms with van der Waals surface area (Å²) in [5.74, 6) is -0.162. The zero-order valence-corrected chi connectivity index (χ0v) is 10.7. The number of rotatable bonds is 3. The molecule has 1 aromatic rings. The van der Waals surface area contributed by atoms with Crippen LogP contribution in [0.4, 0.5) is 0 Å². The highest BCUT2D eigenvalue weighted by molar-refractivity contribution is 5.79. The van der Waals surface area contributed by atoms with E-state index in [2.05, 4.69) is 36.1 Å². The van der Waals surface area contributed by atoms with Crippen molar-refractivity contribution in [2.24, 2.45) is 11.3 Å². The molecule has 3 heteroatoms. The maximum atomic E-state index is 11.3. The molecule has 96 valence electrons. The van der Waals surface area contributed by atoms with Gasteiger partial charge in [0.1, 0.15) is 0 Å². The fourth-order valence-electron chi connectivity index (χ4n) is 3.19. The Morgan fingerprint density at radius 3 is 2.83 bits per heavy atom. The summed E-state index contributed by atoms with van der Waals surface area (Å²) in [5, 5.41) is 9.33. The number of carboxylic acids is 1. The summed E-state index contributed by atoms with van der Waals surface area (Å²) >= 11 is 0. The molecule has 1 saturated heterocycles. The van der Waals surface area contributed by atoms with E-state index < -0.39 is 11.4 Å². The maximum absolute atomic E-state index is 11.3. The Labute approximate surface area is 107 Å². The first kappa shape index (κ1) is 11.7. The van der Waals surface area contributed by atoms with Gasteiger partial charge < -0.3 is 5.11 Å². The van der Waals surface area contributed by atoms with Crippen molar-refractivity contribution in [1.29, 1.82) is 0 Å². The topological polar surface area (TPSA) is 40.5 Å². The first-order valence-electron chi connectivity index (χ1n) is 6.61. The van der Waals surface area contributed by atoms with Crippen molar-refractivity contribution in [1.82, 2.24) is 4.90 Å². The van der Waals surface area contributed by atoms with E-state index in [0.717, 1.165) is 32.5 Å². The lowest BCUT2D eigenvalue weighted by Crippen LogP contribution is -2.40. The number of piperidine rings is 1. The number of nitrogens with zero attached hydrogens (tertiary/aromatic N) is 1. The van der Waals surface area contributed by atoms with Crippen LogP contribution in [0.15, 0.2) is 24.3 Å². The average molecular weight is 245 g/mol. The standard InChI is InChI=1S/C15H19NO2/c1-11-2-4-12(5-3-11)9-16-7-6-13-8-15(13,10-16)14(17)18/h2-5,13H,6-10H2,1H3,(H,17,18). The van der Waals surface area contributed by atoms with Crippen molar-refractivity contribution < 1.29 is 9.90 Å². The number of hydrogen-bond donors (Lipinski definition) is 1. The third-order valence-corrected chi connectivity index (χ3v) is 4.48. The summed E-state index contributed by atoms with van der Waals surface area (Å²) < 4.78 is 0. The summed E-state index contributed by atoms with van der Waals surface area (Å²) in [5.41, 5.74) is 2.13. The van der Waals surface area contributed by atoms with Crippen molar-refractivity contribution in [2.75, 3.05) is 13.1 Å². The van der Waals surface area contributed by atoms with Crippen LogP contribution in [-0.2, 0) is 11.3 Å². The smallest absolute Gasteiger partial charge is 0.311 e. The molecule has 0 radical (unpaired) electrons. The van der Waals surface area contributed by atoms with Crippen LogP contribution in [0.2, 0.25) is 0 Å². The molecule has 2 atom stereocenters. The minimum atomic E-state index is -0.596. The number of aryl methyl sites for hydroxylation is 1. The summed E-state index contributed by atoms with van der Waals surface area (Å²) in [6, 6.07) is 8.52. The van der Waals surface area contributed by atoms with E-state index in [1.807, 2.05) is 0 Å². The fourth-order valence-corrected chi connectivity index (χ4v) is 3.19. The van der Waals surface area contributed by atoms with Gasteiger partial charge in [-0.1, -0.05) is 29.8 Å². The SMILES string of the molecule is Cc1ccc(CN2CCC3CC3(C(=O)O)C2)cc1. The summed E-state index contributed by atoms with van der Waals surface area (Å²) in [6.07, 6.45) is 1.92. The zero-order valence-electron chi connectivity index (χ0n) is 10.7. The molecule has 3 rings (SSSR count). The van der Waals surface area contributed by atoms with Gasteiger partial charge in [-0.15, -0.1) is 0 Å². The van der Waals surface area contributed by atoms with Crippen LogP contribution in [0.3, 0.4) is 0 Å². The highest BCUT2D eigenvalue weighted by Gasteiger charge is 2.62. The van der Waals surface area contributed by atoms with E-state index >= 15 is 0 Å². The Morgan fingerprint density at radius 1 is 1.44 bits per heavy atom. The molecule has 3 nitrogen and oxygen atoms in total. The summed E-state index contributed by atoms with van der Waals surface area (Å²) in [7, 11) is 0. The van der Waals surface area contributed by atoms with Gasteiger partial charge in [-0.2, -0.15) is 0 Å². The van der Waals surface area contributed by atoms with E-state index in [4.69, 9.17) is 0 Å². The van der Waals surface area contributed by atoms with E-state index in [1.165, 1.54) is 11.1 Å². The molecule has 0 amide bonds. The number of benzene rings is 1. The molecule has 1 aromatic carbocycles. The van der Waals surface area contributed by atoms with Crippen LogP contribution in [0.5, 0.6) is 0 Å². The van der Waals surface area contributed by atoms with Crippen LogP contribution in [0.25, 0.3) is 0 Å². The summed E-state index contributed by atoms with van der Waals surface area (Å²) in [6.45, 7) is 4.72. The van der Waals surface area contributed by atoms with Gasteiger partial charge in [0, 0.05) is 13.1 Å². The predicted molar refractivity (Wildman–Crippen MR) is 69.2 cm³/mol. The highest BCUT2D eigenvalue weighted by Crippen LogP contribution is 2.57. The lowest BCUT2D eigenvalue weighted by molar-refractivity contribution is -0.145. The molecular weight excluding hydrogens is 226 g/mol. The molecule has 2 aliphatic rings. The fraction of sp³-hybridized carbons (Fsp3) is 0.533. The maximum Gasteiger partial charge on any atom is 0.311 e. The summed E-state index contributed by atoms with van der Waals surface area (Å²) in [4.78, 5) is 13.6.